The Balaban J connectivity index is 2.48. The first kappa shape index (κ1) is 13.7. The number of rotatable bonds is 4. The number of aryl methyl sites for hydroxylation is 1. The summed E-state index contributed by atoms with van der Waals surface area (Å²) >= 11 is 0. The SMILES string of the molecule is CNCc1ccc(F)c(-c2cn(C(C)C)nc2C)c1. The van der Waals surface area contributed by atoms with E-state index < -0.39 is 0 Å². The van der Waals surface area contributed by atoms with E-state index in [-0.39, 0.29) is 11.9 Å². The molecule has 3 nitrogen and oxygen atoms in total. The molecule has 0 bridgehead atoms. The molecule has 19 heavy (non-hydrogen) atoms. The van der Waals surface area contributed by atoms with Crippen molar-refractivity contribution in [3.63, 3.8) is 0 Å². The van der Waals surface area contributed by atoms with Gasteiger partial charge in [-0.2, -0.15) is 5.10 Å². The van der Waals surface area contributed by atoms with Gasteiger partial charge in [0.1, 0.15) is 5.82 Å². The van der Waals surface area contributed by atoms with Crippen molar-refractivity contribution in [1.29, 1.82) is 0 Å². The molecular formula is C15H20FN3. The molecule has 2 aromatic rings. The smallest absolute Gasteiger partial charge is 0.131 e. The first-order valence-electron chi connectivity index (χ1n) is 6.52. The van der Waals surface area contributed by atoms with E-state index in [1.54, 1.807) is 6.07 Å². The first-order chi connectivity index (χ1) is 9.02. The lowest BCUT2D eigenvalue weighted by atomic mass is 10.0. The van der Waals surface area contributed by atoms with Crippen LogP contribution in [0.5, 0.6) is 0 Å². The minimum absolute atomic E-state index is 0.203. The molecule has 1 N–H and O–H groups in total. The molecular weight excluding hydrogens is 241 g/mol. The fourth-order valence-corrected chi connectivity index (χ4v) is 2.10. The molecule has 0 spiro atoms. The van der Waals surface area contributed by atoms with Gasteiger partial charge in [-0.05, 0) is 45.5 Å². The van der Waals surface area contributed by atoms with Crippen LogP contribution in [0.15, 0.2) is 24.4 Å². The molecule has 0 saturated carbocycles. The van der Waals surface area contributed by atoms with Gasteiger partial charge in [0.05, 0.1) is 5.69 Å². The molecule has 2 rings (SSSR count). The van der Waals surface area contributed by atoms with Crippen molar-refractivity contribution in [2.24, 2.45) is 0 Å². The molecule has 0 aliphatic heterocycles. The van der Waals surface area contributed by atoms with Gasteiger partial charge in [0.25, 0.3) is 0 Å². The summed E-state index contributed by atoms with van der Waals surface area (Å²) in [4.78, 5) is 0. The second kappa shape index (κ2) is 5.53. The number of nitrogens with one attached hydrogen (secondary N) is 1. The molecule has 0 amide bonds. The summed E-state index contributed by atoms with van der Waals surface area (Å²) in [7, 11) is 1.88. The van der Waals surface area contributed by atoms with Crippen LogP contribution in [0, 0.1) is 12.7 Å². The van der Waals surface area contributed by atoms with E-state index in [4.69, 9.17) is 0 Å². The summed E-state index contributed by atoms with van der Waals surface area (Å²) in [5.41, 5.74) is 3.41. The Morgan fingerprint density at radius 3 is 2.63 bits per heavy atom. The predicted octanol–water partition coefficient (Wildman–Crippen LogP) is 3.30. The number of hydrogen-bond acceptors (Lipinski definition) is 2. The summed E-state index contributed by atoms with van der Waals surface area (Å²) in [6, 6.07) is 5.49. The summed E-state index contributed by atoms with van der Waals surface area (Å²) in [6.07, 6.45) is 1.92. The molecule has 1 aromatic heterocycles. The molecule has 0 fully saturated rings. The van der Waals surface area contributed by atoms with E-state index in [0.717, 1.165) is 23.4 Å². The van der Waals surface area contributed by atoms with E-state index in [0.29, 0.717) is 5.56 Å². The number of halogens is 1. The van der Waals surface area contributed by atoms with E-state index in [2.05, 4.69) is 24.3 Å². The Labute approximate surface area is 113 Å². The molecule has 0 unspecified atom stereocenters. The average molecular weight is 261 g/mol. The van der Waals surface area contributed by atoms with Gasteiger partial charge in [-0.1, -0.05) is 6.07 Å². The van der Waals surface area contributed by atoms with Crippen LogP contribution in [0.2, 0.25) is 0 Å². The third-order valence-corrected chi connectivity index (χ3v) is 3.15. The van der Waals surface area contributed by atoms with Crippen LogP contribution in [0.3, 0.4) is 0 Å². The fourth-order valence-electron chi connectivity index (χ4n) is 2.10. The summed E-state index contributed by atoms with van der Waals surface area (Å²) in [6.45, 7) is 6.76. The van der Waals surface area contributed by atoms with Gasteiger partial charge in [-0.15, -0.1) is 0 Å². The Bertz CT molecular complexity index is 573. The Kier molecular flexibility index (Phi) is 4.00. The van der Waals surface area contributed by atoms with Crippen LogP contribution >= 0.6 is 0 Å². The zero-order valence-corrected chi connectivity index (χ0v) is 11.9. The maximum Gasteiger partial charge on any atom is 0.131 e. The molecule has 1 heterocycles. The van der Waals surface area contributed by atoms with Crippen molar-refractivity contribution in [2.45, 2.75) is 33.4 Å². The highest BCUT2D eigenvalue weighted by atomic mass is 19.1. The number of benzene rings is 1. The van der Waals surface area contributed by atoms with Crippen molar-refractivity contribution < 1.29 is 4.39 Å². The number of nitrogens with zero attached hydrogens (tertiary/aromatic N) is 2. The zero-order valence-electron chi connectivity index (χ0n) is 11.9. The van der Waals surface area contributed by atoms with Crippen LogP contribution in [0.25, 0.3) is 11.1 Å². The predicted molar refractivity (Wildman–Crippen MR) is 75.5 cm³/mol. The largest absolute Gasteiger partial charge is 0.316 e. The Hall–Kier alpha value is -1.68. The molecule has 0 radical (unpaired) electrons. The zero-order chi connectivity index (χ0) is 14.0. The van der Waals surface area contributed by atoms with Crippen molar-refractivity contribution in [3.05, 3.63) is 41.5 Å². The van der Waals surface area contributed by atoms with Crippen molar-refractivity contribution in [1.82, 2.24) is 15.1 Å². The van der Waals surface area contributed by atoms with Crippen LogP contribution in [0.4, 0.5) is 4.39 Å². The number of hydrogen-bond donors (Lipinski definition) is 1. The second-order valence-corrected chi connectivity index (χ2v) is 5.05. The second-order valence-electron chi connectivity index (χ2n) is 5.05. The maximum absolute atomic E-state index is 14.0. The molecule has 0 atom stereocenters. The first-order valence-corrected chi connectivity index (χ1v) is 6.52. The summed E-state index contributed by atoms with van der Waals surface area (Å²) in [5, 5.41) is 7.51. The normalized spacial score (nSPS) is 11.3. The molecule has 0 aliphatic rings. The highest BCUT2D eigenvalue weighted by Gasteiger charge is 2.13. The van der Waals surface area contributed by atoms with E-state index in [1.165, 1.54) is 6.07 Å². The van der Waals surface area contributed by atoms with Crippen molar-refractivity contribution in [3.8, 4) is 11.1 Å². The monoisotopic (exact) mass is 261 g/mol. The van der Waals surface area contributed by atoms with E-state index >= 15 is 0 Å². The standard InChI is InChI=1S/C15H20FN3/c1-10(2)19-9-14(11(3)18-19)13-7-12(8-17-4)5-6-15(13)16/h5-7,9-10,17H,8H2,1-4H3. The Morgan fingerprint density at radius 2 is 2.05 bits per heavy atom. The fraction of sp³-hybridized carbons (Fsp3) is 0.400. The Morgan fingerprint density at radius 1 is 1.32 bits per heavy atom. The van der Waals surface area contributed by atoms with Crippen LogP contribution < -0.4 is 5.32 Å². The van der Waals surface area contributed by atoms with Crippen LogP contribution in [-0.4, -0.2) is 16.8 Å². The van der Waals surface area contributed by atoms with E-state index in [9.17, 15) is 4.39 Å². The lowest BCUT2D eigenvalue weighted by molar-refractivity contribution is 0.529. The number of aromatic nitrogens is 2. The lowest BCUT2D eigenvalue weighted by Crippen LogP contribution is -2.05. The lowest BCUT2D eigenvalue weighted by Gasteiger charge is -2.06. The van der Waals surface area contributed by atoms with E-state index in [1.807, 2.05) is 30.9 Å². The summed E-state index contributed by atoms with van der Waals surface area (Å²) < 4.78 is 15.9. The van der Waals surface area contributed by atoms with Gasteiger partial charge < -0.3 is 5.32 Å². The van der Waals surface area contributed by atoms with Gasteiger partial charge in [0.2, 0.25) is 0 Å². The van der Waals surface area contributed by atoms with Gasteiger partial charge in [-0.25, -0.2) is 4.39 Å². The molecule has 102 valence electrons. The summed E-state index contributed by atoms with van der Waals surface area (Å²) in [5.74, 6) is -0.203. The minimum atomic E-state index is -0.203. The minimum Gasteiger partial charge on any atom is -0.316 e. The average Bonchev–Trinajstić information content (AvgIpc) is 2.74. The highest BCUT2D eigenvalue weighted by molar-refractivity contribution is 5.66. The van der Waals surface area contributed by atoms with Crippen molar-refractivity contribution >= 4 is 0 Å². The van der Waals surface area contributed by atoms with Crippen molar-refractivity contribution in [2.75, 3.05) is 7.05 Å². The third-order valence-electron chi connectivity index (χ3n) is 3.15. The van der Waals surface area contributed by atoms with Gasteiger partial charge in [-0.3, -0.25) is 4.68 Å². The molecule has 1 aromatic carbocycles. The van der Waals surface area contributed by atoms with Crippen LogP contribution in [0.1, 0.15) is 31.1 Å². The van der Waals surface area contributed by atoms with Gasteiger partial charge >= 0.3 is 0 Å². The van der Waals surface area contributed by atoms with Crippen LogP contribution in [-0.2, 0) is 6.54 Å². The van der Waals surface area contributed by atoms with Gasteiger partial charge in [0, 0.05) is 29.9 Å². The highest BCUT2D eigenvalue weighted by Crippen LogP contribution is 2.27. The third kappa shape index (κ3) is 2.84. The molecule has 4 heteroatoms. The van der Waals surface area contributed by atoms with Gasteiger partial charge in [0.15, 0.2) is 0 Å². The topological polar surface area (TPSA) is 29.9 Å². The molecule has 0 saturated heterocycles. The maximum atomic E-state index is 14.0. The quantitative estimate of drug-likeness (QED) is 0.915. The molecule has 0 aliphatic carbocycles.